The van der Waals surface area contributed by atoms with Crippen molar-refractivity contribution in [1.82, 2.24) is 9.55 Å². The summed E-state index contributed by atoms with van der Waals surface area (Å²) in [6.07, 6.45) is -3.73. The summed E-state index contributed by atoms with van der Waals surface area (Å²) in [5, 5.41) is 32.6. The number of nitrogens with one attached hydrogen (secondary N) is 1. The molecule has 142 valence electrons. The molecular formula is C16H17N5O6. The average Bonchev–Trinajstić information content (AvgIpc) is 2.94. The molecule has 1 aliphatic heterocycles. The van der Waals surface area contributed by atoms with E-state index in [4.69, 9.17) is 10.3 Å². The van der Waals surface area contributed by atoms with Gasteiger partial charge in [-0.05, 0) is 11.1 Å². The smallest absolute Gasteiger partial charge is 0.328 e. The van der Waals surface area contributed by atoms with E-state index in [1.54, 1.807) is 24.3 Å². The minimum atomic E-state index is -1.42. The van der Waals surface area contributed by atoms with Crippen molar-refractivity contribution in [3.63, 3.8) is 0 Å². The number of nitrogens with zero attached hydrogens (tertiary/aromatic N) is 4. The van der Waals surface area contributed by atoms with Crippen LogP contribution in [-0.4, -0.2) is 49.8 Å². The van der Waals surface area contributed by atoms with Gasteiger partial charge in [-0.2, -0.15) is 0 Å². The van der Waals surface area contributed by atoms with Crippen LogP contribution in [0.15, 0.2) is 45.2 Å². The molecule has 1 saturated heterocycles. The molecule has 1 aliphatic rings. The van der Waals surface area contributed by atoms with Gasteiger partial charge in [0.1, 0.15) is 24.4 Å². The normalized spacial score (nSPS) is 24.6. The number of hydrogen-bond donors (Lipinski definition) is 4. The SMILES string of the molecule is [N-]=[N+]=Nc1ccc(Cn2cc([C@@H]3O[C@H](CO)[C@@H](O)[C@H]3O)c(=O)[nH]c2=O)cc1. The van der Waals surface area contributed by atoms with Crippen LogP contribution < -0.4 is 11.2 Å². The first kappa shape index (κ1) is 18.8. The van der Waals surface area contributed by atoms with Crippen molar-refractivity contribution in [2.45, 2.75) is 31.0 Å². The number of benzene rings is 1. The van der Waals surface area contributed by atoms with Crippen LogP contribution >= 0.6 is 0 Å². The first-order chi connectivity index (χ1) is 12.9. The Hall–Kier alpha value is -2.95. The summed E-state index contributed by atoms with van der Waals surface area (Å²) >= 11 is 0. The van der Waals surface area contributed by atoms with Crippen molar-refractivity contribution in [1.29, 1.82) is 0 Å². The largest absolute Gasteiger partial charge is 0.394 e. The molecule has 0 bridgehead atoms. The highest BCUT2D eigenvalue weighted by molar-refractivity contribution is 5.38. The van der Waals surface area contributed by atoms with Gasteiger partial charge in [-0.1, -0.05) is 29.4 Å². The molecule has 0 radical (unpaired) electrons. The van der Waals surface area contributed by atoms with E-state index in [1.807, 2.05) is 0 Å². The predicted molar refractivity (Wildman–Crippen MR) is 92.4 cm³/mol. The number of aromatic nitrogens is 2. The molecular weight excluding hydrogens is 358 g/mol. The van der Waals surface area contributed by atoms with E-state index >= 15 is 0 Å². The zero-order valence-electron chi connectivity index (χ0n) is 14.0. The van der Waals surface area contributed by atoms with Crippen LogP contribution in [-0.2, 0) is 11.3 Å². The zero-order valence-corrected chi connectivity index (χ0v) is 14.0. The van der Waals surface area contributed by atoms with Crippen molar-refractivity contribution in [3.8, 4) is 0 Å². The Bertz CT molecular complexity index is 978. The number of rotatable bonds is 5. The molecule has 2 aromatic rings. The van der Waals surface area contributed by atoms with Gasteiger partial charge >= 0.3 is 5.69 Å². The van der Waals surface area contributed by atoms with Crippen LogP contribution in [0.4, 0.5) is 5.69 Å². The number of H-pyrrole nitrogens is 1. The topological polar surface area (TPSA) is 174 Å². The number of aliphatic hydroxyl groups is 3. The van der Waals surface area contributed by atoms with Crippen LogP contribution in [0, 0.1) is 0 Å². The van der Waals surface area contributed by atoms with Gasteiger partial charge in [0.2, 0.25) is 0 Å². The second-order valence-electron chi connectivity index (χ2n) is 6.09. The maximum Gasteiger partial charge on any atom is 0.328 e. The van der Waals surface area contributed by atoms with Gasteiger partial charge in [0.15, 0.2) is 0 Å². The third-order valence-corrected chi connectivity index (χ3v) is 4.34. The molecule has 2 heterocycles. The molecule has 4 atom stereocenters. The van der Waals surface area contributed by atoms with Gasteiger partial charge in [-0.15, -0.1) is 0 Å². The number of hydrogen-bond acceptors (Lipinski definition) is 7. The molecule has 4 N–H and O–H groups in total. The van der Waals surface area contributed by atoms with E-state index < -0.39 is 42.3 Å². The van der Waals surface area contributed by atoms with Gasteiger partial charge in [0.05, 0.1) is 18.7 Å². The molecule has 11 nitrogen and oxygen atoms in total. The molecule has 0 spiro atoms. The summed E-state index contributed by atoms with van der Waals surface area (Å²) in [4.78, 5) is 29.1. The molecule has 27 heavy (non-hydrogen) atoms. The Balaban J connectivity index is 1.91. The Morgan fingerprint density at radius 3 is 2.52 bits per heavy atom. The summed E-state index contributed by atoms with van der Waals surface area (Å²) in [5.74, 6) is 0. The van der Waals surface area contributed by atoms with Gasteiger partial charge in [-0.25, -0.2) is 4.79 Å². The third-order valence-electron chi connectivity index (χ3n) is 4.34. The van der Waals surface area contributed by atoms with Gasteiger partial charge in [-0.3, -0.25) is 14.3 Å². The Kier molecular flexibility index (Phi) is 5.40. The Morgan fingerprint density at radius 1 is 1.22 bits per heavy atom. The van der Waals surface area contributed by atoms with Crippen LogP contribution in [0.1, 0.15) is 17.2 Å². The summed E-state index contributed by atoms with van der Waals surface area (Å²) in [6, 6.07) is 6.48. The summed E-state index contributed by atoms with van der Waals surface area (Å²) < 4.78 is 6.57. The highest BCUT2D eigenvalue weighted by Crippen LogP contribution is 2.31. The lowest BCUT2D eigenvalue weighted by Gasteiger charge is -2.15. The van der Waals surface area contributed by atoms with Gasteiger partial charge in [0, 0.05) is 16.8 Å². The molecule has 1 aromatic carbocycles. The molecule has 3 rings (SSSR count). The fraction of sp³-hybridized carbons (Fsp3) is 0.375. The first-order valence-corrected chi connectivity index (χ1v) is 8.04. The fourth-order valence-electron chi connectivity index (χ4n) is 2.92. The van der Waals surface area contributed by atoms with Crippen LogP contribution in [0.5, 0.6) is 0 Å². The Morgan fingerprint density at radius 2 is 1.93 bits per heavy atom. The molecule has 0 amide bonds. The third kappa shape index (κ3) is 3.77. The molecule has 1 aromatic heterocycles. The molecule has 1 fully saturated rings. The number of aliphatic hydroxyl groups excluding tert-OH is 3. The van der Waals surface area contributed by atoms with Crippen molar-refractivity contribution < 1.29 is 20.1 Å². The van der Waals surface area contributed by atoms with E-state index in [2.05, 4.69) is 15.0 Å². The number of ether oxygens (including phenoxy) is 1. The zero-order chi connectivity index (χ0) is 19.6. The summed E-state index contributed by atoms with van der Waals surface area (Å²) in [5.41, 5.74) is 8.09. The van der Waals surface area contributed by atoms with E-state index in [9.17, 15) is 24.9 Å². The van der Waals surface area contributed by atoms with Gasteiger partial charge in [0.25, 0.3) is 5.56 Å². The minimum absolute atomic E-state index is 0.0391. The molecule has 11 heteroatoms. The van der Waals surface area contributed by atoms with Crippen molar-refractivity contribution in [2.24, 2.45) is 5.11 Å². The van der Waals surface area contributed by atoms with Crippen molar-refractivity contribution in [3.05, 3.63) is 72.9 Å². The summed E-state index contributed by atoms with van der Waals surface area (Å²) in [7, 11) is 0. The molecule has 0 aliphatic carbocycles. The molecule has 0 saturated carbocycles. The maximum atomic E-state index is 12.1. The predicted octanol–water partition coefficient (Wildman–Crippen LogP) is -0.319. The lowest BCUT2D eigenvalue weighted by molar-refractivity contribution is -0.0233. The second kappa shape index (κ2) is 7.74. The number of azide groups is 1. The highest BCUT2D eigenvalue weighted by atomic mass is 16.6. The van der Waals surface area contributed by atoms with E-state index in [0.717, 1.165) is 0 Å². The van der Waals surface area contributed by atoms with Crippen LogP contribution in [0.2, 0.25) is 0 Å². The second-order valence-corrected chi connectivity index (χ2v) is 6.09. The van der Waals surface area contributed by atoms with Crippen molar-refractivity contribution >= 4 is 5.69 Å². The van der Waals surface area contributed by atoms with Crippen LogP contribution in [0.3, 0.4) is 0 Å². The number of aromatic amines is 1. The van der Waals surface area contributed by atoms with Crippen molar-refractivity contribution in [2.75, 3.05) is 6.61 Å². The highest BCUT2D eigenvalue weighted by Gasteiger charge is 2.44. The van der Waals surface area contributed by atoms with E-state index in [1.165, 1.54) is 10.8 Å². The molecule has 0 unspecified atom stereocenters. The fourth-order valence-corrected chi connectivity index (χ4v) is 2.92. The lowest BCUT2D eigenvalue weighted by atomic mass is 10.0. The monoisotopic (exact) mass is 375 g/mol. The quantitative estimate of drug-likeness (QED) is 0.316. The van der Waals surface area contributed by atoms with Gasteiger partial charge < -0.3 is 20.1 Å². The average molecular weight is 375 g/mol. The maximum absolute atomic E-state index is 12.1. The minimum Gasteiger partial charge on any atom is -0.394 e. The standard InChI is InChI=1S/C16H17N5O6/c17-20-19-9-3-1-8(2-4-9)5-21-6-10(15(25)18-16(21)26)14-13(24)12(23)11(7-22)27-14/h1-4,6,11-14,22-24H,5,7H2,(H,18,25,26)/t11-,12-,13-,14+/m1/s1. The van der Waals surface area contributed by atoms with Crippen LogP contribution in [0.25, 0.3) is 10.4 Å². The summed E-state index contributed by atoms with van der Waals surface area (Å²) in [6.45, 7) is -0.419. The first-order valence-electron chi connectivity index (χ1n) is 8.04. The van der Waals surface area contributed by atoms with E-state index in [-0.39, 0.29) is 12.1 Å². The Labute approximate surface area is 151 Å². The van der Waals surface area contributed by atoms with E-state index in [0.29, 0.717) is 11.3 Å². The lowest BCUT2D eigenvalue weighted by Crippen LogP contribution is -2.36.